The van der Waals surface area contributed by atoms with Gasteiger partial charge in [-0.05, 0) is 117 Å². The standard InChI is InChI=1S/C55H69ClN12O13/c1-29(69)46-55(81)66-43(53(79)63-40(48(59)74)24-32-10-18-36(70)19-11-32)27-45(72)61-28-44(67-49(75)38(57)23-30-8-16-35(56)17-9-30)54(80)65-42(26-33-12-20-37(71)21-13-33)52(78)64-41(25-31-6-14-34(15-7-31)47(58)73)51(77)62-39(50(76)68-46)5-3-4-22-60-2/h6-21,29,38-44,46,60,69-71H,3-5,22-28,57H2,1-2H3,(H2,58,73)(H2,59,74)(H,61,72)(H,62,77)(H,63,79)(H,64,78)(H,65,80)(H,66,81)(H,67,75)(H,68,76)/t29-,38+,39+,40-,41-,42+,43+,44-,46+/m1/s1. The molecule has 434 valence electrons. The summed E-state index contributed by atoms with van der Waals surface area (Å²) in [6.45, 7) is 0.897. The van der Waals surface area contributed by atoms with Crippen LogP contribution in [0.25, 0.3) is 0 Å². The Bertz CT molecular complexity index is 2860. The second kappa shape index (κ2) is 30.6. The molecule has 4 aromatic rings. The van der Waals surface area contributed by atoms with Crippen molar-refractivity contribution in [1.29, 1.82) is 0 Å². The summed E-state index contributed by atoms with van der Waals surface area (Å²) in [6, 6.07) is 10.5. The fourth-order valence-electron chi connectivity index (χ4n) is 8.48. The minimum Gasteiger partial charge on any atom is -0.508 e. The highest BCUT2D eigenvalue weighted by Crippen LogP contribution is 2.16. The Morgan fingerprint density at radius 2 is 1.16 bits per heavy atom. The van der Waals surface area contributed by atoms with Crippen LogP contribution in [-0.4, -0.2) is 149 Å². The van der Waals surface area contributed by atoms with Gasteiger partial charge in [-0.1, -0.05) is 60.1 Å². The summed E-state index contributed by atoms with van der Waals surface area (Å²) in [5.74, 6) is -10.2. The predicted molar refractivity (Wildman–Crippen MR) is 295 cm³/mol. The average molecular weight is 1140 g/mol. The second-order valence-corrected chi connectivity index (χ2v) is 20.0. The van der Waals surface area contributed by atoms with Gasteiger partial charge in [0.05, 0.1) is 18.6 Å². The number of unbranched alkanes of at least 4 members (excludes halogenated alkanes) is 1. The van der Waals surface area contributed by atoms with Crippen LogP contribution in [0.5, 0.6) is 11.5 Å². The van der Waals surface area contributed by atoms with Crippen LogP contribution >= 0.6 is 11.6 Å². The van der Waals surface area contributed by atoms with Gasteiger partial charge in [0, 0.05) is 36.4 Å². The third kappa shape index (κ3) is 20.2. The van der Waals surface area contributed by atoms with E-state index in [0.717, 1.165) is 6.92 Å². The van der Waals surface area contributed by atoms with Gasteiger partial charge >= 0.3 is 0 Å². The normalized spacial score (nSPS) is 20.8. The van der Waals surface area contributed by atoms with E-state index in [0.29, 0.717) is 46.7 Å². The molecule has 0 saturated carbocycles. The summed E-state index contributed by atoms with van der Waals surface area (Å²) < 4.78 is 0. The number of nitrogens with two attached hydrogens (primary N) is 3. The van der Waals surface area contributed by atoms with Crippen molar-refractivity contribution in [1.82, 2.24) is 47.9 Å². The van der Waals surface area contributed by atoms with Crippen molar-refractivity contribution in [3.05, 3.63) is 130 Å². The topological polar surface area (TPSA) is 418 Å². The van der Waals surface area contributed by atoms with Gasteiger partial charge in [-0.3, -0.25) is 47.9 Å². The van der Waals surface area contributed by atoms with Crippen LogP contribution in [0.4, 0.5) is 0 Å². The number of benzene rings is 4. The summed E-state index contributed by atoms with van der Waals surface area (Å²) in [7, 11) is 1.71. The van der Waals surface area contributed by atoms with E-state index >= 15 is 0 Å². The zero-order valence-electron chi connectivity index (χ0n) is 44.5. The van der Waals surface area contributed by atoms with Crippen molar-refractivity contribution >= 4 is 70.7 Å². The van der Waals surface area contributed by atoms with Crippen molar-refractivity contribution in [3.63, 3.8) is 0 Å². The van der Waals surface area contributed by atoms with Gasteiger partial charge in [-0.2, -0.15) is 0 Å². The van der Waals surface area contributed by atoms with E-state index in [4.69, 9.17) is 28.8 Å². The third-order valence-electron chi connectivity index (χ3n) is 13.1. The summed E-state index contributed by atoms with van der Waals surface area (Å²) >= 11 is 6.05. The first-order valence-corrected chi connectivity index (χ1v) is 26.3. The van der Waals surface area contributed by atoms with Crippen molar-refractivity contribution in [2.75, 3.05) is 20.1 Å². The first-order chi connectivity index (χ1) is 38.5. The number of nitrogens with one attached hydrogen (secondary N) is 9. The van der Waals surface area contributed by atoms with Crippen molar-refractivity contribution < 1.29 is 63.3 Å². The number of hydrogen-bond acceptors (Lipinski definition) is 15. The molecule has 1 fully saturated rings. The lowest BCUT2D eigenvalue weighted by atomic mass is 10.00. The molecule has 10 amide bonds. The molecule has 0 radical (unpaired) electrons. The number of aromatic hydroxyl groups is 2. The van der Waals surface area contributed by atoms with Crippen LogP contribution in [0, 0.1) is 0 Å². The van der Waals surface area contributed by atoms with Crippen LogP contribution in [0.3, 0.4) is 0 Å². The average Bonchev–Trinajstić information content (AvgIpc) is 3.44. The van der Waals surface area contributed by atoms with E-state index in [9.17, 15) is 63.3 Å². The quantitative estimate of drug-likeness (QED) is 0.0411. The maximum absolute atomic E-state index is 14.8. The smallest absolute Gasteiger partial charge is 0.248 e. The summed E-state index contributed by atoms with van der Waals surface area (Å²) in [4.78, 5) is 140. The molecule has 0 aliphatic carbocycles. The van der Waals surface area contributed by atoms with E-state index in [1.807, 2.05) is 0 Å². The summed E-state index contributed by atoms with van der Waals surface area (Å²) in [6.07, 6.45) is -2.74. The number of aliphatic hydroxyl groups excluding tert-OH is 1. The lowest BCUT2D eigenvalue weighted by Gasteiger charge is -2.29. The number of halogens is 1. The Labute approximate surface area is 471 Å². The Hall–Kier alpha value is -8.65. The molecule has 0 bridgehead atoms. The van der Waals surface area contributed by atoms with Crippen molar-refractivity contribution in [2.45, 2.75) is 113 Å². The second-order valence-electron chi connectivity index (χ2n) is 19.5. The van der Waals surface area contributed by atoms with Gasteiger partial charge < -0.3 is 80.4 Å². The van der Waals surface area contributed by atoms with Crippen molar-refractivity contribution in [3.8, 4) is 11.5 Å². The Kier molecular flexibility index (Phi) is 23.9. The summed E-state index contributed by atoms with van der Waals surface area (Å²) in [5, 5.41) is 54.5. The lowest BCUT2D eigenvalue weighted by molar-refractivity contribution is -0.138. The number of amides is 10. The number of carbonyl (C=O) groups is 10. The summed E-state index contributed by atoms with van der Waals surface area (Å²) in [5.41, 5.74) is 19.4. The fraction of sp³-hybridized carbons (Fsp3) is 0.382. The monoisotopic (exact) mass is 1140 g/mol. The molecular weight excluding hydrogens is 1070 g/mol. The molecule has 1 aliphatic heterocycles. The SMILES string of the molecule is CNCCCC[C@@H]1NC(=O)[C@@H](Cc2ccc(C(N)=O)cc2)NC(=O)[C@H](Cc2ccc(O)cc2)NC(=O)[C@H](NC(=O)[C@@H](N)Cc2ccc(Cl)cc2)CNC(=O)C[C@@H](C(=O)N[C@H](Cc2ccc(O)cc2)C(N)=O)NC(=O)[C@H]([C@@H](C)O)NC1=O. The first kappa shape index (κ1) is 63.2. The highest BCUT2D eigenvalue weighted by Gasteiger charge is 2.37. The lowest BCUT2D eigenvalue weighted by Crippen LogP contribution is -2.63. The van der Waals surface area contributed by atoms with Crippen LogP contribution in [-0.2, 0) is 68.8 Å². The molecule has 9 atom stereocenters. The van der Waals surface area contributed by atoms with Crippen LogP contribution in [0.15, 0.2) is 97.1 Å². The Balaban J connectivity index is 1.60. The Morgan fingerprint density at radius 3 is 1.70 bits per heavy atom. The van der Waals surface area contributed by atoms with E-state index in [2.05, 4.69) is 47.9 Å². The highest BCUT2D eigenvalue weighted by molar-refractivity contribution is 6.30. The number of rotatable bonds is 20. The van der Waals surface area contributed by atoms with Crippen LogP contribution in [0.2, 0.25) is 5.02 Å². The maximum atomic E-state index is 14.8. The molecule has 1 heterocycles. The molecule has 5 rings (SSSR count). The number of aliphatic hydroxyl groups is 1. The Morgan fingerprint density at radius 1 is 0.654 bits per heavy atom. The highest BCUT2D eigenvalue weighted by atomic mass is 35.5. The molecule has 0 spiro atoms. The van der Waals surface area contributed by atoms with Gasteiger partial charge in [0.1, 0.15) is 53.8 Å². The molecule has 0 unspecified atom stereocenters. The van der Waals surface area contributed by atoms with Crippen molar-refractivity contribution in [2.24, 2.45) is 17.2 Å². The number of primary amides is 2. The predicted octanol–water partition coefficient (Wildman–Crippen LogP) is -2.38. The zero-order chi connectivity index (χ0) is 59.3. The fourth-order valence-corrected chi connectivity index (χ4v) is 8.61. The molecule has 81 heavy (non-hydrogen) atoms. The van der Waals surface area contributed by atoms with E-state index in [-0.39, 0.29) is 49.2 Å². The number of phenolic OH excluding ortho intramolecular Hbond substituents is 2. The van der Waals surface area contributed by atoms with Gasteiger partial charge in [-0.25, -0.2) is 0 Å². The van der Waals surface area contributed by atoms with Gasteiger partial charge in [-0.15, -0.1) is 0 Å². The molecule has 25 nitrogen and oxygen atoms in total. The van der Waals surface area contributed by atoms with E-state index in [1.54, 1.807) is 31.3 Å². The number of hydrogen-bond donors (Lipinski definition) is 15. The van der Waals surface area contributed by atoms with Gasteiger partial charge in [0.25, 0.3) is 0 Å². The minimum atomic E-state index is -1.91. The van der Waals surface area contributed by atoms with E-state index < -0.39 is 126 Å². The molecule has 4 aromatic carbocycles. The number of phenols is 2. The molecule has 1 saturated heterocycles. The van der Waals surface area contributed by atoms with Gasteiger partial charge in [0.15, 0.2) is 0 Å². The minimum absolute atomic E-state index is 0.0511. The largest absolute Gasteiger partial charge is 0.508 e. The van der Waals surface area contributed by atoms with Crippen LogP contribution in [0.1, 0.15) is 65.2 Å². The molecule has 18 N–H and O–H groups in total. The third-order valence-corrected chi connectivity index (χ3v) is 13.3. The van der Waals surface area contributed by atoms with E-state index in [1.165, 1.54) is 72.8 Å². The molecule has 0 aromatic heterocycles. The zero-order valence-corrected chi connectivity index (χ0v) is 45.3. The van der Waals surface area contributed by atoms with Gasteiger partial charge in [0.2, 0.25) is 59.1 Å². The number of carbonyl (C=O) groups excluding carboxylic acids is 10. The molecular formula is C55H69ClN12O13. The molecule has 1 aliphatic rings. The molecule has 26 heteroatoms. The maximum Gasteiger partial charge on any atom is 0.248 e. The first-order valence-electron chi connectivity index (χ1n) is 26.0. The van der Waals surface area contributed by atoms with Crippen LogP contribution < -0.4 is 65.1 Å².